The minimum Gasteiger partial charge on any atom is -0.338 e. The highest BCUT2D eigenvalue weighted by Gasteiger charge is 2.11. The maximum Gasteiger partial charge on any atom is 0.141 e. The van der Waals surface area contributed by atoms with E-state index in [1.165, 1.54) is 5.56 Å². The van der Waals surface area contributed by atoms with Gasteiger partial charge in [0.1, 0.15) is 11.6 Å². The van der Waals surface area contributed by atoms with Crippen LogP contribution in [0.15, 0.2) is 36.4 Å². The first kappa shape index (κ1) is 11.9. The van der Waals surface area contributed by atoms with Gasteiger partial charge in [0.15, 0.2) is 0 Å². The number of fused-ring (bicyclic) bond motifs is 1. The van der Waals surface area contributed by atoms with Gasteiger partial charge in [0.05, 0.1) is 16.6 Å². The van der Waals surface area contributed by atoms with Crippen LogP contribution in [0.2, 0.25) is 0 Å². The maximum atomic E-state index is 14.1. The number of hydrogen-bond acceptors (Lipinski definition) is 1. The molecule has 1 N–H and O–H groups in total. The third-order valence-corrected chi connectivity index (χ3v) is 3.40. The molecule has 96 valence electrons. The largest absolute Gasteiger partial charge is 0.338 e. The van der Waals surface area contributed by atoms with Crippen LogP contribution >= 0.6 is 0 Å². The molecule has 2 aromatic carbocycles. The highest BCUT2D eigenvalue weighted by Crippen LogP contribution is 2.25. The van der Waals surface area contributed by atoms with Crippen molar-refractivity contribution in [3.8, 4) is 11.4 Å². The van der Waals surface area contributed by atoms with E-state index in [4.69, 9.17) is 0 Å². The zero-order valence-electron chi connectivity index (χ0n) is 11.0. The van der Waals surface area contributed by atoms with Crippen molar-refractivity contribution in [1.29, 1.82) is 0 Å². The topological polar surface area (TPSA) is 28.7 Å². The number of imidazole rings is 1. The van der Waals surface area contributed by atoms with Crippen LogP contribution in [-0.4, -0.2) is 9.97 Å². The molecule has 0 spiro atoms. The summed E-state index contributed by atoms with van der Waals surface area (Å²) in [6, 6.07) is 11.5. The van der Waals surface area contributed by atoms with Crippen molar-refractivity contribution in [3.63, 3.8) is 0 Å². The third kappa shape index (κ3) is 2.01. The SMILES string of the molecule is CCc1ccc2nc(-c3cccc(C)c3F)[nH]c2c1. The third-order valence-electron chi connectivity index (χ3n) is 3.40. The average Bonchev–Trinajstić information content (AvgIpc) is 2.84. The van der Waals surface area contributed by atoms with Gasteiger partial charge < -0.3 is 4.98 Å². The van der Waals surface area contributed by atoms with Crippen LogP contribution in [-0.2, 0) is 6.42 Å². The Balaban J connectivity index is 2.18. The van der Waals surface area contributed by atoms with Gasteiger partial charge in [0, 0.05) is 0 Å². The number of aromatic amines is 1. The van der Waals surface area contributed by atoms with Gasteiger partial charge in [-0.1, -0.05) is 25.1 Å². The molecule has 19 heavy (non-hydrogen) atoms. The van der Waals surface area contributed by atoms with Crippen molar-refractivity contribution in [2.45, 2.75) is 20.3 Å². The summed E-state index contributed by atoms with van der Waals surface area (Å²) in [5.41, 5.74) is 4.22. The highest BCUT2D eigenvalue weighted by atomic mass is 19.1. The molecule has 0 saturated heterocycles. The quantitative estimate of drug-likeness (QED) is 0.728. The van der Waals surface area contributed by atoms with Crippen LogP contribution in [0, 0.1) is 12.7 Å². The summed E-state index contributed by atoms with van der Waals surface area (Å²) in [5, 5.41) is 0. The Morgan fingerprint density at radius 1 is 1.21 bits per heavy atom. The molecule has 0 fully saturated rings. The number of nitrogens with one attached hydrogen (secondary N) is 1. The molecule has 0 amide bonds. The minimum atomic E-state index is -0.211. The molecule has 0 aliphatic heterocycles. The van der Waals surface area contributed by atoms with Gasteiger partial charge in [0.25, 0.3) is 0 Å². The molecule has 2 nitrogen and oxygen atoms in total. The number of nitrogens with zero attached hydrogens (tertiary/aromatic N) is 1. The molecule has 0 saturated carbocycles. The van der Waals surface area contributed by atoms with Crippen molar-refractivity contribution in [3.05, 3.63) is 53.3 Å². The van der Waals surface area contributed by atoms with Gasteiger partial charge >= 0.3 is 0 Å². The Morgan fingerprint density at radius 3 is 2.84 bits per heavy atom. The Kier molecular flexibility index (Phi) is 2.82. The molecule has 0 radical (unpaired) electrons. The summed E-state index contributed by atoms with van der Waals surface area (Å²) in [6.07, 6.45) is 0.975. The normalized spacial score (nSPS) is 11.1. The van der Waals surface area contributed by atoms with Gasteiger partial charge in [-0.2, -0.15) is 0 Å². The molecule has 0 aliphatic carbocycles. The monoisotopic (exact) mass is 254 g/mol. The molecular weight excluding hydrogens is 239 g/mol. The first-order valence-corrected chi connectivity index (χ1v) is 6.43. The fourth-order valence-corrected chi connectivity index (χ4v) is 2.23. The summed E-state index contributed by atoms with van der Waals surface area (Å²) in [5.74, 6) is 0.377. The fourth-order valence-electron chi connectivity index (χ4n) is 2.23. The molecule has 3 rings (SSSR count). The lowest BCUT2D eigenvalue weighted by Gasteiger charge is -2.01. The van der Waals surface area contributed by atoms with Gasteiger partial charge in [-0.3, -0.25) is 0 Å². The zero-order chi connectivity index (χ0) is 13.4. The number of halogens is 1. The van der Waals surface area contributed by atoms with Gasteiger partial charge in [-0.05, 0) is 42.7 Å². The van der Waals surface area contributed by atoms with Crippen molar-refractivity contribution in [2.75, 3.05) is 0 Å². The second kappa shape index (κ2) is 4.50. The van der Waals surface area contributed by atoms with Crippen LogP contribution in [0.3, 0.4) is 0 Å². The standard InChI is InChI=1S/C16H15FN2/c1-3-11-7-8-13-14(9-11)19-16(18-13)12-6-4-5-10(2)15(12)17/h4-9H,3H2,1-2H3,(H,18,19). The second-order valence-electron chi connectivity index (χ2n) is 4.73. The van der Waals surface area contributed by atoms with E-state index in [-0.39, 0.29) is 5.82 Å². The summed E-state index contributed by atoms with van der Waals surface area (Å²) in [7, 11) is 0. The molecule has 3 aromatic rings. The molecule has 0 unspecified atom stereocenters. The zero-order valence-corrected chi connectivity index (χ0v) is 11.0. The maximum absolute atomic E-state index is 14.1. The van der Waals surface area contributed by atoms with Gasteiger partial charge in [0.2, 0.25) is 0 Å². The van der Waals surface area contributed by atoms with Crippen LogP contribution in [0.5, 0.6) is 0 Å². The van der Waals surface area contributed by atoms with Crippen LogP contribution < -0.4 is 0 Å². The number of H-pyrrole nitrogens is 1. The Bertz CT molecular complexity index is 744. The van der Waals surface area contributed by atoms with Crippen molar-refractivity contribution in [1.82, 2.24) is 9.97 Å². The number of hydrogen-bond donors (Lipinski definition) is 1. The van der Waals surface area contributed by atoms with Gasteiger partial charge in [-0.25, -0.2) is 9.37 Å². The lowest BCUT2D eigenvalue weighted by molar-refractivity contribution is 0.621. The van der Waals surface area contributed by atoms with E-state index < -0.39 is 0 Å². The van der Waals surface area contributed by atoms with E-state index in [0.717, 1.165) is 17.5 Å². The summed E-state index contributed by atoms with van der Waals surface area (Å²) < 4.78 is 14.1. The van der Waals surface area contributed by atoms with E-state index in [1.54, 1.807) is 19.1 Å². The number of aryl methyl sites for hydroxylation is 2. The Hall–Kier alpha value is -2.16. The van der Waals surface area contributed by atoms with Crippen LogP contribution in [0.25, 0.3) is 22.4 Å². The number of aromatic nitrogens is 2. The molecule has 0 bridgehead atoms. The highest BCUT2D eigenvalue weighted by molar-refractivity contribution is 5.80. The minimum absolute atomic E-state index is 0.211. The van der Waals surface area contributed by atoms with Crippen LogP contribution in [0.1, 0.15) is 18.1 Å². The fraction of sp³-hybridized carbons (Fsp3) is 0.188. The molecule has 0 aliphatic rings. The van der Waals surface area contributed by atoms with Crippen molar-refractivity contribution < 1.29 is 4.39 Å². The molecule has 1 heterocycles. The predicted molar refractivity (Wildman–Crippen MR) is 75.6 cm³/mol. The Labute approximate surface area is 111 Å². The van der Waals surface area contributed by atoms with E-state index in [2.05, 4.69) is 29.0 Å². The van der Waals surface area contributed by atoms with E-state index in [1.807, 2.05) is 12.1 Å². The Morgan fingerprint density at radius 2 is 2.05 bits per heavy atom. The molecule has 3 heteroatoms. The van der Waals surface area contributed by atoms with Gasteiger partial charge in [-0.15, -0.1) is 0 Å². The first-order valence-electron chi connectivity index (χ1n) is 6.43. The summed E-state index contributed by atoms with van der Waals surface area (Å²) in [4.78, 5) is 7.67. The average molecular weight is 254 g/mol. The van der Waals surface area contributed by atoms with E-state index >= 15 is 0 Å². The number of rotatable bonds is 2. The van der Waals surface area contributed by atoms with Crippen molar-refractivity contribution in [2.24, 2.45) is 0 Å². The first-order chi connectivity index (χ1) is 9.19. The van der Waals surface area contributed by atoms with Crippen molar-refractivity contribution >= 4 is 11.0 Å². The van der Waals surface area contributed by atoms with E-state index in [9.17, 15) is 4.39 Å². The van der Waals surface area contributed by atoms with E-state index in [0.29, 0.717) is 17.0 Å². The molecule has 0 atom stereocenters. The van der Waals surface area contributed by atoms with Crippen LogP contribution in [0.4, 0.5) is 4.39 Å². The lowest BCUT2D eigenvalue weighted by atomic mass is 10.1. The second-order valence-corrected chi connectivity index (χ2v) is 4.73. The smallest absolute Gasteiger partial charge is 0.141 e. The molecule has 1 aromatic heterocycles. The summed E-state index contributed by atoms with van der Waals surface area (Å²) in [6.45, 7) is 3.87. The lowest BCUT2D eigenvalue weighted by Crippen LogP contribution is -1.89. The summed E-state index contributed by atoms with van der Waals surface area (Å²) >= 11 is 0. The molecular formula is C16H15FN2. The predicted octanol–water partition coefficient (Wildman–Crippen LogP) is 4.24. The number of benzene rings is 2.